The highest BCUT2D eigenvalue weighted by atomic mass is 16.2. The van der Waals surface area contributed by atoms with Crippen molar-refractivity contribution >= 4 is 17.5 Å². The van der Waals surface area contributed by atoms with Gasteiger partial charge in [-0.05, 0) is 18.6 Å². The van der Waals surface area contributed by atoms with Crippen molar-refractivity contribution in [2.24, 2.45) is 0 Å². The first-order chi connectivity index (χ1) is 9.19. The molecule has 2 amide bonds. The van der Waals surface area contributed by atoms with Crippen LogP contribution in [0, 0.1) is 0 Å². The number of hydrogen-bond acceptors (Lipinski definition) is 2. The van der Waals surface area contributed by atoms with Crippen LogP contribution in [0.25, 0.3) is 0 Å². The highest BCUT2D eigenvalue weighted by molar-refractivity contribution is 6.11. The molecule has 19 heavy (non-hydrogen) atoms. The number of carbonyl (C=O) groups excluding carboxylic acids is 2. The molecule has 0 bridgehead atoms. The molecular weight excluding hydrogens is 240 g/mol. The van der Waals surface area contributed by atoms with Crippen LogP contribution in [0.3, 0.4) is 0 Å². The minimum Gasteiger partial charge on any atom is -0.340 e. The number of nitrogens with one attached hydrogen (secondary N) is 1. The van der Waals surface area contributed by atoms with Gasteiger partial charge in [-0.2, -0.15) is 0 Å². The Balaban J connectivity index is 2.47. The predicted molar refractivity (Wildman–Crippen MR) is 75.2 cm³/mol. The number of para-hydroxylation sites is 1. The van der Waals surface area contributed by atoms with E-state index in [0.29, 0.717) is 24.2 Å². The molecular formula is C15H18N2O2. The topological polar surface area (TPSA) is 49.4 Å². The summed E-state index contributed by atoms with van der Waals surface area (Å²) in [5.74, 6) is -0.256. The van der Waals surface area contributed by atoms with Gasteiger partial charge in [-0.15, -0.1) is 6.58 Å². The number of nitrogens with zero attached hydrogens (tertiary/aromatic N) is 1. The number of anilines is 1. The molecule has 0 spiro atoms. The molecule has 1 N–H and O–H groups in total. The Labute approximate surface area is 113 Å². The van der Waals surface area contributed by atoms with Crippen molar-refractivity contribution < 1.29 is 9.59 Å². The second kappa shape index (κ2) is 5.69. The van der Waals surface area contributed by atoms with Crippen molar-refractivity contribution in [1.82, 2.24) is 5.32 Å². The Hall–Kier alpha value is -2.10. The standard InChI is InChI=1S/C15H18N2O2/c1-3-7-12-15(19)17(10-4-2)13-9-6-5-8-11(13)14(18)16-12/h4-6,8-9,12H,2-3,7,10H2,1H3,(H,16,18). The molecule has 1 aromatic carbocycles. The van der Waals surface area contributed by atoms with Gasteiger partial charge in [0.15, 0.2) is 0 Å². The van der Waals surface area contributed by atoms with E-state index in [-0.39, 0.29) is 11.8 Å². The summed E-state index contributed by atoms with van der Waals surface area (Å²) in [5.41, 5.74) is 1.19. The van der Waals surface area contributed by atoms with Crippen molar-refractivity contribution in [2.45, 2.75) is 25.8 Å². The molecule has 0 radical (unpaired) electrons. The van der Waals surface area contributed by atoms with Crippen LogP contribution in [-0.4, -0.2) is 24.4 Å². The van der Waals surface area contributed by atoms with Gasteiger partial charge < -0.3 is 10.2 Å². The lowest BCUT2D eigenvalue weighted by molar-refractivity contribution is -0.120. The smallest absolute Gasteiger partial charge is 0.254 e. The van der Waals surface area contributed by atoms with Gasteiger partial charge in [-0.25, -0.2) is 0 Å². The van der Waals surface area contributed by atoms with Crippen molar-refractivity contribution in [3.05, 3.63) is 42.5 Å². The molecule has 1 heterocycles. The van der Waals surface area contributed by atoms with Crippen LogP contribution in [0.15, 0.2) is 36.9 Å². The average Bonchev–Trinajstić information content (AvgIpc) is 2.51. The number of benzene rings is 1. The summed E-state index contributed by atoms with van der Waals surface area (Å²) >= 11 is 0. The molecule has 100 valence electrons. The van der Waals surface area contributed by atoms with Gasteiger partial charge in [0, 0.05) is 6.54 Å². The molecule has 1 aliphatic rings. The Morgan fingerprint density at radius 2 is 2.11 bits per heavy atom. The zero-order valence-corrected chi connectivity index (χ0v) is 11.1. The molecule has 1 aromatic rings. The van der Waals surface area contributed by atoms with Crippen molar-refractivity contribution in [3.63, 3.8) is 0 Å². The number of hydrogen-bond donors (Lipinski definition) is 1. The maximum Gasteiger partial charge on any atom is 0.254 e. The van der Waals surface area contributed by atoms with E-state index < -0.39 is 6.04 Å². The van der Waals surface area contributed by atoms with Crippen LogP contribution >= 0.6 is 0 Å². The van der Waals surface area contributed by atoms with Crippen LogP contribution in [0.1, 0.15) is 30.1 Å². The third-order valence-corrected chi connectivity index (χ3v) is 3.20. The second-order valence-electron chi connectivity index (χ2n) is 4.57. The summed E-state index contributed by atoms with van der Waals surface area (Å²) in [7, 11) is 0. The molecule has 2 rings (SSSR count). The van der Waals surface area contributed by atoms with E-state index >= 15 is 0 Å². The molecule has 4 nitrogen and oxygen atoms in total. The lowest BCUT2D eigenvalue weighted by Gasteiger charge is -2.23. The molecule has 0 fully saturated rings. The molecule has 1 unspecified atom stereocenters. The molecule has 0 aromatic heterocycles. The number of rotatable bonds is 4. The van der Waals surface area contributed by atoms with Gasteiger partial charge in [0.05, 0.1) is 11.3 Å². The quantitative estimate of drug-likeness (QED) is 0.841. The van der Waals surface area contributed by atoms with E-state index in [1.807, 2.05) is 13.0 Å². The van der Waals surface area contributed by atoms with E-state index in [1.165, 1.54) is 0 Å². The van der Waals surface area contributed by atoms with Crippen LogP contribution in [0.2, 0.25) is 0 Å². The van der Waals surface area contributed by atoms with Gasteiger partial charge >= 0.3 is 0 Å². The predicted octanol–water partition coefficient (Wildman–Crippen LogP) is 2.12. The van der Waals surface area contributed by atoms with Crippen LogP contribution in [0.4, 0.5) is 5.69 Å². The fraction of sp³-hybridized carbons (Fsp3) is 0.333. The van der Waals surface area contributed by atoms with Crippen LogP contribution in [-0.2, 0) is 4.79 Å². The maximum absolute atomic E-state index is 12.5. The Bertz CT molecular complexity index is 511. The van der Waals surface area contributed by atoms with Gasteiger partial charge in [0.1, 0.15) is 6.04 Å². The lowest BCUT2D eigenvalue weighted by Crippen LogP contribution is -2.45. The van der Waals surface area contributed by atoms with Gasteiger partial charge in [0.25, 0.3) is 5.91 Å². The van der Waals surface area contributed by atoms with E-state index in [4.69, 9.17) is 0 Å². The van der Waals surface area contributed by atoms with Gasteiger partial charge in [0.2, 0.25) is 5.91 Å². The van der Waals surface area contributed by atoms with Crippen LogP contribution < -0.4 is 10.2 Å². The largest absolute Gasteiger partial charge is 0.340 e. The summed E-state index contributed by atoms with van der Waals surface area (Å²) < 4.78 is 0. The Morgan fingerprint density at radius 1 is 1.37 bits per heavy atom. The van der Waals surface area contributed by atoms with Gasteiger partial charge in [-0.3, -0.25) is 9.59 Å². The first-order valence-corrected chi connectivity index (χ1v) is 6.51. The first-order valence-electron chi connectivity index (χ1n) is 6.51. The minimum atomic E-state index is -0.454. The summed E-state index contributed by atoms with van der Waals surface area (Å²) in [6, 6.07) is 6.71. The molecule has 4 heteroatoms. The zero-order valence-electron chi connectivity index (χ0n) is 11.1. The van der Waals surface area contributed by atoms with Gasteiger partial charge in [-0.1, -0.05) is 31.6 Å². The molecule has 1 aliphatic heterocycles. The van der Waals surface area contributed by atoms with E-state index in [0.717, 1.165) is 6.42 Å². The average molecular weight is 258 g/mol. The number of fused-ring (bicyclic) bond motifs is 1. The highest BCUT2D eigenvalue weighted by Crippen LogP contribution is 2.24. The SMILES string of the molecule is C=CCN1C(=O)C(CCC)NC(=O)c2ccccc21. The molecule has 0 saturated heterocycles. The van der Waals surface area contributed by atoms with Crippen molar-refractivity contribution in [2.75, 3.05) is 11.4 Å². The van der Waals surface area contributed by atoms with E-state index in [2.05, 4.69) is 11.9 Å². The monoisotopic (exact) mass is 258 g/mol. The third kappa shape index (κ3) is 2.52. The van der Waals surface area contributed by atoms with Crippen LogP contribution in [0.5, 0.6) is 0 Å². The summed E-state index contributed by atoms with van der Waals surface area (Å²) in [6.45, 7) is 6.09. The first kappa shape index (κ1) is 13.3. The van der Waals surface area contributed by atoms with Crippen molar-refractivity contribution in [1.29, 1.82) is 0 Å². The fourth-order valence-corrected chi connectivity index (χ4v) is 2.31. The summed E-state index contributed by atoms with van der Waals surface area (Å²) in [6.07, 6.45) is 3.16. The normalized spacial score (nSPS) is 18.6. The molecule has 1 atom stereocenters. The minimum absolute atomic E-state index is 0.0694. The van der Waals surface area contributed by atoms with Crippen molar-refractivity contribution in [3.8, 4) is 0 Å². The Morgan fingerprint density at radius 3 is 2.79 bits per heavy atom. The number of carbonyl (C=O) groups is 2. The van der Waals surface area contributed by atoms with E-state index in [1.54, 1.807) is 29.2 Å². The summed E-state index contributed by atoms with van der Waals surface area (Å²) in [4.78, 5) is 26.3. The zero-order chi connectivity index (χ0) is 13.8. The summed E-state index contributed by atoms with van der Waals surface area (Å²) in [5, 5.41) is 2.81. The fourth-order valence-electron chi connectivity index (χ4n) is 2.31. The maximum atomic E-state index is 12.5. The molecule has 0 aliphatic carbocycles. The highest BCUT2D eigenvalue weighted by Gasteiger charge is 2.32. The second-order valence-corrected chi connectivity index (χ2v) is 4.57. The Kier molecular flexibility index (Phi) is 4.00. The third-order valence-electron chi connectivity index (χ3n) is 3.20. The number of amides is 2. The molecule has 0 saturated carbocycles. The lowest BCUT2D eigenvalue weighted by atomic mass is 10.1. The van der Waals surface area contributed by atoms with E-state index in [9.17, 15) is 9.59 Å².